The molecule has 0 fully saturated rings. The molecule has 1 heterocycles. The fraction of sp³-hybridized carbons (Fsp3) is 0.500. The molecule has 0 saturated carbocycles. The molecule has 0 aliphatic carbocycles. The van der Waals surface area contributed by atoms with Gasteiger partial charge in [0.1, 0.15) is 0 Å². The van der Waals surface area contributed by atoms with Crippen LogP contribution in [0.5, 0.6) is 11.5 Å². The molecule has 82 valence electrons. The van der Waals surface area contributed by atoms with Crippen molar-refractivity contribution in [1.29, 1.82) is 0 Å². The van der Waals surface area contributed by atoms with E-state index in [4.69, 9.17) is 14.2 Å². The molecule has 0 radical (unpaired) electrons. The highest BCUT2D eigenvalue weighted by molar-refractivity contribution is 5.47. The average Bonchev–Trinajstić information content (AvgIpc) is 2.27. The lowest BCUT2D eigenvalue weighted by atomic mass is 10.1. The molecule has 2 rings (SSSR count). The first-order valence-corrected chi connectivity index (χ1v) is 5.16. The SMILES string of the molecule is COc1cccc2c1OC(C(C)C)OC2. The fourth-order valence-corrected chi connectivity index (χ4v) is 1.62. The third kappa shape index (κ3) is 1.92. The molecule has 1 atom stereocenters. The van der Waals surface area contributed by atoms with Gasteiger partial charge < -0.3 is 14.2 Å². The summed E-state index contributed by atoms with van der Waals surface area (Å²) in [6, 6.07) is 5.84. The summed E-state index contributed by atoms with van der Waals surface area (Å²) in [5.74, 6) is 1.94. The Kier molecular flexibility index (Phi) is 2.82. The van der Waals surface area contributed by atoms with E-state index >= 15 is 0 Å². The van der Waals surface area contributed by atoms with Gasteiger partial charge in [-0.15, -0.1) is 0 Å². The maximum Gasteiger partial charge on any atom is 0.202 e. The summed E-state index contributed by atoms with van der Waals surface area (Å²) in [4.78, 5) is 0. The molecular weight excluding hydrogens is 192 g/mol. The van der Waals surface area contributed by atoms with Gasteiger partial charge in [0.15, 0.2) is 11.5 Å². The first-order valence-electron chi connectivity index (χ1n) is 5.16. The second-order valence-corrected chi connectivity index (χ2v) is 3.99. The summed E-state index contributed by atoms with van der Waals surface area (Å²) in [5, 5.41) is 0. The van der Waals surface area contributed by atoms with E-state index in [9.17, 15) is 0 Å². The van der Waals surface area contributed by atoms with Gasteiger partial charge in [0.25, 0.3) is 0 Å². The Balaban J connectivity index is 2.30. The van der Waals surface area contributed by atoms with Crippen molar-refractivity contribution in [3.05, 3.63) is 23.8 Å². The molecule has 15 heavy (non-hydrogen) atoms. The van der Waals surface area contributed by atoms with Crippen LogP contribution in [-0.2, 0) is 11.3 Å². The Morgan fingerprint density at radius 1 is 1.40 bits per heavy atom. The van der Waals surface area contributed by atoms with E-state index < -0.39 is 0 Å². The van der Waals surface area contributed by atoms with Crippen LogP contribution in [0.25, 0.3) is 0 Å². The lowest BCUT2D eigenvalue weighted by molar-refractivity contribution is -0.133. The fourth-order valence-electron chi connectivity index (χ4n) is 1.62. The highest BCUT2D eigenvalue weighted by Gasteiger charge is 2.25. The lowest BCUT2D eigenvalue weighted by Gasteiger charge is -2.29. The van der Waals surface area contributed by atoms with Crippen LogP contribution >= 0.6 is 0 Å². The van der Waals surface area contributed by atoms with E-state index in [2.05, 4.69) is 13.8 Å². The van der Waals surface area contributed by atoms with Gasteiger partial charge in [-0.3, -0.25) is 0 Å². The quantitative estimate of drug-likeness (QED) is 0.747. The molecule has 1 aliphatic heterocycles. The molecule has 0 N–H and O–H groups in total. The first kappa shape index (κ1) is 10.3. The minimum atomic E-state index is -0.172. The number of methoxy groups -OCH3 is 1. The lowest BCUT2D eigenvalue weighted by Crippen LogP contribution is -2.30. The number of hydrogen-bond donors (Lipinski definition) is 0. The predicted molar refractivity (Wildman–Crippen MR) is 57.0 cm³/mol. The van der Waals surface area contributed by atoms with Gasteiger partial charge in [-0.25, -0.2) is 0 Å². The van der Waals surface area contributed by atoms with Gasteiger partial charge in [0.2, 0.25) is 6.29 Å². The summed E-state index contributed by atoms with van der Waals surface area (Å²) >= 11 is 0. The molecular formula is C12H16O3. The van der Waals surface area contributed by atoms with Gasteiger partial charge in [0.05, 0.1) is 13.7 Å². The number of fused-ring (bicyclic) bond motifs is 1. The van der Waals surface area contributed by atoms with E-state index in [1.54, 1.807) is 7.11 Å². The van der Waals surface area contributed by atoms with Crippen LogP contribution < -0.4 is 9.47 Å². The molecule has 1 aromatic carbocycles. The van der Waals surface area contributed by atoms with Crippen molar-refractivity contribution >= 4 is 0 Å². The number of rotatable bonds is 2. The van der Waals surface area contributed by atoms with Gasteiger partial charge in [0, 0.05) is 11.5 Å². The molecule has 0 saturated heterocycles. The number of hydrogen-bond acceptors (Lipinski definition) is 3. The van der Waals surface area contributed by atoms with Crippen LogP contribution in [0.4, 0.5) is 0 Å². The third-order valence-corrected chi connectivity index (χ3v) is 2.46. The van der Waals surface area contributed by atoms with E-state index in [1.165, 1.54) is 0 Å². The van der Waals surface area contributed by atoms with Crippen molar-refractivity contribution in [3.8, 4) is 11.5 Å². The van der Waals surface area contributed by atoms with Gasteiger partial charge >= 0.3 is 0 Å². The molecule has 0 bridgehead atoms. The minimum absolute atomic E-state index is 0.172. The zero-order chi connectivity index (χ0) is 10.8. The molecule has 1 aliphatic rings. The maximum atomic E-state index is 5.77. The van der Waals surface area contributed by atoms with Crippen molar-refractivity contribution in [2.75, 3.05) is 7.11 Å². The van der Waals surface area contributed by atoms with Crippen LogP contribution in [0.15, 0.2) is 18.2 Å². The van der Waals surface area contributed by atoms with E-state index in [0.717, 1.165) is 17.1 Å². The second-order valence-electron chi connectivity index (χ2n) is 3.99. The summed E-state index contributed by atoms with van der Waals surface area (Å²) in [6.45, 7) is 4.74. The van der Waals surface area contributed by atoms with Gasteiger partial charge in [-0.05, 0) is 6.07 Å². The van der Waals surface area contributed by atoms with Crippen LogP contribution in [-0.4, -0.2) is 13.4 Å². The highest BCUT2D eigenvalue weighted by atomic mass is 16.7. The van der Waals surface area contributed by atoms with E-state index in [1.807, 2.05) is 18.2 Å². The number of ether oxygens (including phenoxy) is 3. The summed E-state index contributed by atoms with van der Waals surface area (Å²) in [6.07, 6.45) is -0.172. The average molecular weight is 208 g/mol. The monoisotopic (exact) mass is 208 g/mol. The largest absolute Gasteiger partial charge is 0.493 e. The van der Waals surface area contributed by atoms with Crippen molar-refractivity contribution in [1.82, 2.24) is 0 Å². The molecule has 3 nitrogen and oxygen atoms in total. The van der Waals surface area contributed by atoms with Crippen LogP contribution in [0.3, 0.4) is 0 Å². The smallest absolute Gasteiger partial charge is 0.202 e. The molecule has 3 heteroatoms. The Bertz CT molecular complexity index is 332. The van der Waals surface area contributed by atoms with Crippen molar-refractivity contribution < 1.29 is 14.2 Å². The van der Waals surface area contributed by atoms with Crippen molar-refractivity contribution in [2.24, 2.45) is 5.92 Å². The van der Waals surface area contributed by atoms with E-state index in [-0.39, 0.29) is 6.29 Å². The first-order chi connectivity index (χ1) is 7.22. The summed E-state index contributed by atoms with van der Waals surface area (Å²) in [7, 11) is 1.65. The van der Waals surface area contributed by atoms with E-state index in [0.29, 0.717) is 12.5 Å². The normalized spacial score (nSPS) is 19.6. The molecule has 0 aromatic heterocycles. The Labute approximate surface area is 90.0 Å². The van der Waals surface area contributed by atoms with Crippen molar-refractivity contribution in [2.45, 2.75) is 26.7 Å². The van der Waals surface area contributed by atoms with Crippen LogP contribution in [0.2, 0.25) is 0 Å². The van der Waals surface area contributed by atoms with Crippen LogP contribution in [0.1, 0.15) is 19.4 Å². The third-order valence-electron chi connectivity index (χ3n) is 2.46. The summed E-state index contributed by atoms with van der Waals surface area (Å²) < 4.78 is 16.6. The molecule has 1 aromatic rings. The predicted octanol–water partition coefficient (Wildman–Crippen LogP) is 2.59. The standard InChI is InChI=1S/C12H16O3/c1-8(2)12-14-7-9-5-4-6-10(13-3)11(9)15-12/h4-6,8,12H,7H2,1-3H3. The number of benzene rings is 1. The zero-order valence-electron chi connectivity index (χ0n) is 9.32. The molecule has 1 unspecified atom stereocenters. The minimum Gasteiger partial charge on any atom is -0.493 e. The second kappa shape index (κ2) is 4.11. The zero-order valence-corrected chi connectivity index (χ0v) is 9.32. The van der Waals surface area contributed by atoms with Crippen molar-refractivity contribution in [3.63, 3.8) is 0 Å². The van der Waals surface area contributed by atoms with Gasteiger partial charge in [-0.2, -0.15) is 0 Å². The Morgan fingerprint density at radius 3 is 2.87 bits per heavy atom. The maximum absolute atomic E-state index is 5.77. The number of para-hydroxylation sites is 1. The Hall–Kier alpha value is -1.22. The topological polar surface area (TPSA) is 27.7 Å². The molecule has 0 amide bonds. The Morgan fingerprint density at radius 2 is 2.20 bits per heavy atom. The summed E-state index contributed by atoms with van der Waals surface area (Å²) in [5.41, 5.74) is 1.05. The molecule has 0 spiro atoms. The van der Waals surface area contributed by atoms with Crippen LogP contribution in [0, 0.1) is 5.92 Å². The van der Waals surface area contributed by atoms with Gasteiger partial charge in [-0.1, -0.05) is 26.0 Å². The highest BCUT2D eigenvalue weighted by Crippen LogP contribution is 2.36.